The number of nitrogens with two attached hydrogens (primary N) is 1. The molecule has 0 radical (unpaired) electrons. The summed E-state index contributed by atoms with van der Waals surface area (Å²) in [4.78, 5) is 10.9. The van der Waals surface area contributed by atoms with E-state index in [0.717, 1.165) is 0 Å². The molecule has 3 N–H and O–H groups in total. The second-order valence-corrected chi connectivity index (χ2v) is 3.36. The first kappa shape index (κ1) is 10.3. The zero-order valence-electron chi connectivity index (χ0n) is 7.11. The van der Waals surface area contributed by atoms with Crippen LogP contribution in [0.5, 0.6) is 0 Å². The molecule has 76 valence electrons. The molecule has 1 aliphatic rings. The number of rotatable bonds is 2. The lowest BCUT2D eigenvalue weighted by Gasteiger charge is -2.21. The quantitative estimate of drug-likeness (QED) is 0.677. The monoisotopic (exact) mass is 196 g/mol. The normalized spacial score (nSPS) is 22.2. The van der Waals surface area contributed by atoms with E-state index in [1.807, 2.05) is 5.32 Å². The molecule has 0 spiro atoms. The van der Waals surface area contributed by atoms with E-state index >= 15 is 0 Å². The number of hydrogen-bond donors (Lipinski definition) is 2. The molecule has 1 amide bonds. The van der Waals surface area contributed by atoms with Gasteiger partial charge in [-0.1, -0.05) is 0 Å². The molecule has 0 saturated heterocycles. The van der Waals surface area contributed by atoms with Gasteiger partial charge in [0.25, 0.3) is 0 Å². The summed E-state index contributed by atoms with van der Waals surface area (Å²) >= 11 is 0. The van der Waals surface area contributed by atoms with Crippen LogP contribution in [0.1, 0.15) is 19.8 Å². The molecule has 1 aliphatic carbocycles. The number of alkyl halides is 3. The molecule has 1 atom stereocenters. The first-order chi connectivity index (χ1) is 5.78. The molecule has 13 heavy (non-hydrogen) atoms. The van der Waals surface area contributed by atoms with E-state index < -0.39 is 23.7 Å². The summed E-state index contributed by atoms with van der Waals surface area (Å²) in [5, 5.41) is 1.92. The molecule has 0 aromatic rings. The highest BCUT2D eigenvalue weighted by Crippen LogP contribution is 2.48. The summed E-state index contributed by atoms with van der Waals surface area (Å²) in [7, 11) is 0. The molecular formula is C7H11F3N2O. The van der Waals surface area contributed by atoms with E-state index in [-0.39, 0.29) is 12.8 Å². The summed E-state index contributed by atoms with van der Waals surface area (Å²) in [6.45, 7) is 1.35. The number of carbonyl (C=O) groups excluding carboxylic acids is 1. The summed E-state index contributed by atoms with van der Waals surface area (Å²) in [5.74, 6) is -0.755. The Bertz CT molecular complexity index is 220. The van der Waals surface area contributed by atoms with Crippen LogP contribution in [0.3, 0.4) is 0 Å². The average Bonchev–Trinajstić information content (AvgIpc) is 2.66. The van der Waals surface area contributed by atoms with Gasteiger partial charge in [-0.25, -0.2) is 0 Å². The summed E-state index contributed by atoms with van der Waals surface area (Å²) in [6.07, 6.45) is -4.46. The van der Waals surface area contributed by atoms with Gasteiger partial charge >= 0.3 is 6.18 Å². The average molecular weight is 196 g/mol. The highest BCUT2D eigenvalue weighted by Gasteiger charge is 2.64. The summed E-state index contributed by atoms with van der Waals surface area (Å²) in [6, 6.07) is -0.903. The Morgan fingerprint density at radius 3 is 2.23 bits per heavy atom. The Morgan fingerprint density at radius 1 is 1.54 bits per heavy atom. The second kappa shape index (κ2) is 2.87. The molecule has 0 heterocycles. The molecule has 3 nitrogen and oxygen atoms in total. The predicted octanol–water partition coefficient (Wildman–Crippen LogP) is 0.545. The minimum atomic E-state index is -4.36. The van der Waals surface area contributed by atoms with Crippen molar-refractivity contribution in [3.63, 3.8) is 0 Å². The Hall–Kier alpha value is -0.780. The van der Waals surface area contributed by atoms with Crippen molar-refractivity contribution in [2.45, 2.75) is 37.5 Å². The Balaban J connectivity index is 2.59. The van der Waals surface area contributed by atoms with Gasteiger partial charge in [-0.05, 0) is 19.8 Å². The maximum absolute atomic E-state index is 12.3. The topological polar surface area (TPSA) is 55.1 Å². The van der Waals surface area contributed by atoms with Crippen LogP contribution < -0.4 is 11.1 Å². The van der Waals surface area contributed by atoms with Crippen LogP contribution in [0.4, 0.5) is 13.2 Å². The highest BCUT2D eigenvalue weighted by molar-refractivity contribution is 5.82. The predicted molar refractivity (Wildman–Crippen MR) is 39.8 cm³/mol. The van der Waals surface area contributed by atoms with Crippen LogP contribution in [0.2, 0.25) is 0 Å². The van der Waals surface area contributed by atoms with Crippen molar-refractivity contribution in [1.82, 2.24) is 5.32 Å². The fraction of sp³-hybridized carbons (Fsp3) is 0.857. The van der Waals surface area contributed by atoms with Gasteiger partial charge in [0, 0.05) is 0 Å². The van der Waals surface area contributed by atoms with Crippen LogP contribution in [-0.2, 0) is 4.79 Å². The van der Waals surface area contributed by atoms with Gasteiger partial charge in [0.15, 0.2) is 0 Å². The molecule has 6 heteroatoms. The van der Waals surface area contributed by atoms with Crippen LogP contribution >= 0.6 is 0 Å². The number of hydrogen-bond acceptors (Lipinski definition) is 2. The fourth-order valence-electron chi connectivity index (χ4n) is 0.954. The maximum Gasteiger partial charge on any atom is 0.411 e. The van der Waals surface area contributed by atoms with Crippen molar-refractivity contribution in [2.24, 2.45) is 5.73 Å². The van der Waals surface area contributed by atoms with Crippen molar-refractivity contribution in [2.75, 3.05) is 0 Å². The number of nitrogens with one attached hydrogen (secondary N) is 1. The van der Waals surface area contributed by atoms with Crippen LogP contribution in [0, 0.1) is 0 Å². The van der Waals surface area contributed by atoms with E-state index in [9.17, 15) is 18.0 Å². The lowest BCUT2D eigenvalue weighted by atomic mass is 10.2. The molecule has 0 aliphatic heterocycles. The standard InChI is InChI=1S/C7H11F3N2O/c1-4(11)5(13)12-6(2-3-6)7(8,9)10/h4H,2-3,11H2,1H3,(H,12,13). The lowest BCUT2D eigenvalue weighted by Crippen LogP contribution is -2.52. The zero-order valence-corrected chi connectivity index (χ0v) is 7.11. The van der Waals surface area contributed by atoms with Gasteiger partial charge in [-0.2, -0.15) is 13.2 Å². The Labute approximate surface area is 73.5 Å². The van der Waals surface area contributed by atoms with Gasteiger partial charge in [0.1, 0.15) is 5.54 Å². The van der Waals surface area contributed by atoms with Crippen LogP contribution in [0.25, 0.3) is 0 Å². The fourth-order valence-corrected chi connectivity index (χ4v) is 0.954. The SMILES string of the molecule is CC(N)C(=O)NC1(C(F)(F)F)CC1. The molecule has 1 unspecified atom stereocenters. The number of carbonyl (C=O) groups is 1. The van der Waals surface area contributed by atoms with E-state index in [1.165, 1.54) is 6.92 Å². The van der Waals surface area contributed by atoms with Crippen molar-refractivity contribution in [3.05, 3.63) is 0 Å². The zero-order chi connectivity index (χ0) is 10.3. The number of halogens is 3. The van der Waals surface area contributed by atoms with Crippen molar-refractivity contribution in [1.29, 1.82) is 0 Å². The lowest BCUT2D eigenvalue weighted by molar-refractivity contribution is -0.170. The molecule has 0 bridgehead atoms. The number of amides is 1. The van der Waals surface area contributed by atoms with E-state index in [0.29, 0.717) is 0 Å². The Kier molecular flexibility index (Phi) is 2.27. The largest absolute Gasteiger partial charge is 0.411 e. The molecule has 1 rings (SSSR count). The van der Waals surface area contributed by atoms with Gasteiger partial charge in [0.2, 0.25) is 5.91 Å². The van der Waals surface area contributed by atoms with Gasteiger partial charge < -0.3 is 11.1 Å². The third-order valence-corrected chi connectivity index (χ3v) is 2.07. The van der Waals surface area contributed by atoms with Crippen molar-refractivity contribution < 1.29 is 18.0 Å². The molecule has 0 aromatic heterocycles. The van der Waals surface area contributed by atoms with Crippen LogP contribution in [-0.4, -0.2) is 23.7 Å². The third-order valence-electron chi connectivity index (χ3n) is 2.07. The van der Waals surface area contributed by atoms with E-state index in [4.69, 9.17) is 5.73 Å². The first-order valence-corrected chi connectivity index (χ1v) is 3.93. The highest BCUT2D eigenvalue weighted by atomic mass is 19.4. The minimum Gasteiger partial charge on any atom is -0.341 e. The summed E-state index contributed by atoms with van der Waals surface area (Å²) in [5.41, 5.74) is 3.15. The minimum absolute atomic E-state index is 0.0467. The van der Waals surface area contributed by atoms with Gasteiger partial charge in [0.05, 0.1) is 6.04 Å². The van der Waals surface area contributed by atoms with Crippen LogP contribution in [0.15, 0.2) is 0 Å². The second-order valence-electron chi connectivity index (χ2n) is 3.36. The van der Waals surface area contributed by atoms with Crippen molar-refractivity contribution in [3.8, 4) is 0 Å². The molecular weight excluding hydrogens is 185 g/mol. The Morgan fingerprint density at radius 2 is 2.00 bits per heavy atom. The molecule has 0 aromatic carbocycles. The van der Waals surface area contributed by atoms with Gasteiger partial charge in [-0.3, -0.25) is 4.79 Å². The summed E-state index contributed by atoms with van der Waals surface area (Å²) < 4.78 is 36.8. The third kappa shape index (κ3) is 1.93. The molecule has 1 fully saturated rings. The van der Waals surface area contributed by atoms with E-state index in [2.05, 4.69) is 0 Å². The van der Waals surface area contributed by atoms with E-state index in [1.54, 1.807) is 0 Å². The first-order valence-electron chi connectivity index (χ1n) is 3.93. The molecule has 1 saturated carbocycles. The van der Waals surface area contributed by atoms with Gasteiger partial charge in [-0.15, -0.1) is 0 Å². The van der Waals surface area contributed by atoms with Crippen molar-refractivity contribution >= 4 is 5.91 Å². The maximum atomic E-state index is 12.3. The smallest absolute Gasteiger partial charge is 0.341 e.